The van der Waals surface area contributed by atoms with E-state index >= 15 is 0 Å². The highest BCUT2D eigenvalue weighted by molar-refractivity contribution is 6.42. The number of phenolic OH excluding ortho intramolecular Hbond substituents is 1. The minimum Gasteiger partial charge on any atom is -0.508 e. The molecule has 0 aliphatic rings. The zero-order chi connectivity index (χ0) is 13.7. The molecule has 18 heavy (non-hydrogen) atoms. The average Bonchev–Trinajstić information content (AvgIpc) is 2.30. The molecule has 0 fully saturated rings. The van der Waals surface area contributed by atoms with Crippen molar-refractivity contribution in [2.45, 2.75) is 25.8 Å². The SMILES string of the molecule is CC(NCCCC(N)=O)c1c(O)ccc(Cl)c1Cl. The van der Waals surface area contributed by atoms with Crippen molar-refractivity contribution >= 4 is 29.1 Å². The predicted octanol–water partition coefficient (Wildman–Crippen LogP) is 2.62. The first kappa shape index (κ1) is 15.1. The first-order valence-electron chi connectivity index (χ1n) is 5.62. The Hall–Kier alpha value is -0.970. The van der Waals surface area contributed by atoms with Crippen molar-refractivity contribution in [3.05, 3.63) is 27.7 Å². The molecular formula is C12H16Cl2N2O2. The summed E-state index contributed by atoms with van der Waals surface area (Å²) in [5.74, 6) is -0.229. The Labute approximate surface area is 116 Å². The molecule has 0 aliphatic heterocycles. The molecule has 0 aromatic heterocycles. The number of nitrogens with two attached hydrogens (primary N) is 1. The van der Waals surface area contributed by atoms with Crippen LogP contribution >= 0.6 is 23.2 Å². The molecule has 4 N–H and O–H groups in total. The van der Waals surface area contributed by atoms with Gasteiger partial charge >= 0.3 is 0 Å². The highest BCUT2D eigenvalue weighted by atomic mass is 35.5. The fraction of sp³-hybridized carbons (Fsp3) is 0.417. The molecule has 100 valence electrons. The Morgan fingerprint density at radius 2 is 2.17 bits per heavy atom. The van der Waals surface area contributed by atoms with Gasteiger partial charge in [-0.05, 0) is 32.0 Å². The van der Waals surface area contributed by atoms with Crippen LogP contribution in [0.2, 0.25) is 10.0 Å². The summed E-state index contributed by atoms with van der Waals surface area (Å²) in [5.41, 5.74) is 5.60. The van der Waals surface area contributed by atoms with Crippen LogP contribution in [0.4, 0.5) is 0 Å². The number of phenols is 1. The van der Waals surface area contributed by atoms with Gasteiger partial charge in [-0.2, -0.15) is 0 Å². The lowest BCUT2D eigenvalue weighted by atomic mass is 10.1. The molecule has 0 aliphatic carbocycles. The summed E-state index contributed by atoms with van der Waals surface area (Å²) < 4.78 is 0. The number of benzene rings is 1. The summed E-state index contributed by atoms with van der Waals surface area (Å²) in [6.45, 7) is 2.47. The molecule has 0 saturated heterocycles. The molecule has 0 radical (unpaired) electrons. The number of amides is 1. The van der Waals surface area contributed by atoms with E-state index in [0.717, 1.165) is 0 Å². The van der Waals surface area contributed by atoms with Crippen molar-refractivity contribution in [1.29, 1.82) is 0 Å². The van der Waals surface area contributed by atoms with Crippen molar-refractivity contribution in [3.8, 4) is 5.75 Å². The summed E-state index contributed by atoms with van der Waals surface area (Å²) in [4.78, 5) is 10.6. The van der Waals surface area contributed by atoms with Crippen LogP contribution in [0.1, 0.15) is 31.4 Å². The van der Waals surface area contributed by atoms with E-state index in [1.165, 1.54) is 6.07 Å². The average molecular weight is 291 g/mol. The quantitative estimate of drug-likeness (QED) is 0.705. The number of carbonyl (C=O) groups is 1. The van der Waals surface area contributed by atoms with Crippen LogP contribution < -0.4 is 11.1 Å². The molecule has 0 heterocycles. The molecule has 1 atom stereocenters. The van der Waals surface area contributed by atoms with Crippen LogP contribution in [0.25, 0.3) is 0 Å². The van der Waals surface area contributed by atoms with Crippen LogP contribution in [0.5, 0.6) is 5.75 Å². The third-order valence-corrected chi connectivity index (χ3v) is 3.41. The monoisotopic (exact) mass is 290 g/mol. The number of hydrogen-bond acceptors (Lipinski definition) is 3. The molecule has 1 aromatic rings. The maximum atomic E-state index is 10.6. The molecule has 0 saturated carbocycles. The second-order valence-corrected chi connectivity index (χ2v) is 4.83. The summed E-state index contributed by atoms with van der Waals surface area (Å²) in [7, 11) is 0. The molecule has 0 bridgehead atoms. The first-order valence-corrected chi connectivity index (χ1v) is 6.37. The maximum Gasteiger partial charge on any atom is 0.217 e. The van der Waals surface area contributed by atoms with Gasteiger partial charge in [0, 0.05) is 18.0 Å². The topological polar surface area (TPSA) is 75.3 Å². The van der Waals surface area contributed by atoms with E-state index in [1.807, 2.05) is 6.92 Å². The van der Waals surface area contributed by atoms with Gasteiger partial charge in [-0.1, -0.05) is 23.2 Å². The van der Waals surface area contributed by atoms with Gasteiger partial charge in [0.2, 0.25) is 5.91 Å². The number of primary amides is 1. The van der Waals surface area contributed by atoms with Gasteiger partial charge in [0.25, 0.3) is 0 Å². The lowest BCUT2D eigenvalue weighted by molar-refractivity contribution is -0.118. The standard InChI is InChI=1S/C12H16Cl2N2O2/c1-7(16-6-2-3-10(15)18)11-9(17)5-4-8(13)12(11)14/h4-5,7,16-17H,2-3,6H2,1H3,(H2,15,18). The Balaban J connectivity index is 2.64. The number of halogens is 2. The molecule has 6 heteroatoms. The second kappa shape index (κ2) is 6.83. The third-order valence-electron chi connectivity index (χ3n) is 2.59. The third kappa shape index (κ3) is 4.05. The number of hydrogen-bond donors (Lipinski definition) is 3. The van der Waals surface area contributed by atoms with Gasteiger partial charge in [0.15, 0.2) is 0 Å². The highest BCUT2D eigenvalue weighted by Crippen LogP contribution is 2.36. The summed E-state index contributed by atoms with van der Waals surface area (Å²) in [6, 6.07) is 2.89. The van der Waals surface area contributed by atoms with Crippen molar-refractivity contribution in [3.63, 3.8) is 0 Å². The van der Waals surface area contributed by atoms with E-state index in [-0.39, 0.29) is 17.7 Å². The number of aromatic hydroxyl groups is 1. The Morgan fingerprint density at radius 1 is 1.50 bits per heavy atom. The molecule has 1 amide bonds. The minimum atomic E-state index is -0.326. The maximum absolute atomic E-state index is 10.6. The first-order chi connectivity index (χ1) is 8.43. The van der Waals surface area contributed by atoms with Gasteiger partial charge in [-0.3, -0.25) is 4.79 Å². The van der Waals surface area contributed by atoms with Crippen LogP contribution in [-0.2, 0) is 4.79 Å². The molecule has 1 unspecified atom stereocenters. The van der Waals surface area contributed by atoms with Gasteiger partial charge in [-0.15, -0.1) is 0 Å². The van der Waals surface area contributed by atoms with E-state index in [0.29, 0.717) is 35.0 Å². The van der Waals surface area contributed by atoms with Crippen molar-refractivity contribution in [2.75, 3.05) is 6.54 Å². The van der Waals surface area contributed by atoms with Crippen LogP contribution in [-0.4, -0.2) is 17.6 Å². The zero-order valence-electron chi connectivity index (χ0n) is 10.0. The van der Waals surface area contributed by atoms with E-state index in [4.69, 9.17) is 28.9 Å². The van der Waals surface area contributed by atoms with Crippen molar-refractivity contribution in [2.24, 2.45) is 5.73 Å². The fourth-order valence-corrected chi connectivity index (χ4v) is 2.14. The second-order valence-electron chi connectivity index (χ2n) is 4.04. The summed E-state index contributed by atoms with van der Waals surface area (Å²) >= 11 is 12.0. The molecule has 0 spiro atoms. The van der Waals surface area contributed by atoms with E-state index < -0.39 is 0 Å². The van der Waals surface area contributed by atoms with Crippen molar-refractivity contribution < 1.29 is 9.90 Å². The summed E-state index contributed by atoms with van der Waals surface area (Å²) in [5, 5.41) is 13.7. The zero-order valence-corrected chi connectivity index (χ0v) is 11.6. The molecule has 4 nitrogen and oxygen atoms in total. The lowest BCUT2D eigenvalue weighted by Gasteiger charge is -2.17. The molecular weight excluding hydrogens is 275 g/mol. The van der Waals surface area contributed by atoms with Crippen molar-refractivity contribution in [1.82, 2.24) is 5.32 Å². The largest absolute Gasteiger partial charge is 0.508 e. The fourth-order valence-electron chi connectivity index (χ4n) is 1.65. The highest BCUT2D eigenvalue weighted by Gasteiger charge is 2.16. The van der Waals surface area contributed by atoms with Crippen LogP contribution in [0.3, 0.4) is 0 Å². The van der Waals surface area contributed by atoms with E-state index in [9.17, 15) is 9.90 Å². The van der Waals surface area contributed by atoms with Crippen LogP contribution in [0, 0.1) is 0 Å². The molecule has 1 aromatic carbocycles. The number of nitrogens with one attached hydrogen (secondary N) is 1. The Kier molecular flexibility index (Phi) is 5.72. The normalized spacial score (nSPS) is 12.4. The minimum absolute atomic E-state index is 0.0966. The smallest absolute Gasteiger partial charge is 0.217 e. The van der Waals surface area contributed by atoms with Gasteiger partial charge in [0.1, 0.15) is 5.75 Å². The predicted molar refractivity (Wildman–Crippen MR) is 73.0 cm³/mol. The van der Waals surface area contributed by atoms with E-state index in [2.05, 4.69) is 5.32 Å². The lowest BCUT2D eigenvalue weighted by Crippen LogP contribution is -2.22. The van der Waals surface area contributed by atoms with Gasteiger partial charge < -0.3 is 16.2 Å². The number of carbonyl (C=O) groups excluding carboxylic acids is 1. The van der Waals surface area contributed by atoms with Gasteiger partial charge in [0.05, 0.1) is 10.0 Å². The Morgan fingerprint density at radius 3 is 2.78 bits per heavy atom. The Bertz CT molecular complexity index is 438. The van der Waals surface area contributed by atoms with Crippen LogP contribution in [0.15, 0.2) is 12.1 Å². The van der Waals surface area contributed by atoms with Gasteiger partial charge in [-0.25, -0.2) is 0 Å². The van der Waals surface area contributed by atoms with E-state index in [1.54, 1.807) is 6.07 Å². The number of rotatable bonds is 6. The molecule has 1 rings (SSSR count). The summed E-state index contributed by atoms with van der Waals surface area (Å²) in [6.07, 6.45) is 0.966.